The van der Waals surface area contributed by atoms with E-state index in [4.69, 9.17) is 33.2 Å². The van der Waals surface area contributed by atoms with Crippen molar-refractivity contribution in [3.8, 4) is 28.7 Å². The van der Waals surface area contributed by atoms with Gasteiger partial charge in [0.15, 0.2) is 23.0 Å². The Balaban J connectivity index is 1.66. The second kappa shape index (κ2) is 10.2. The Labute approximate surface area is 218 Å². The van der Waals surface area contributed by atoms with Crippen LogP contribution in [0.25, 0.3) is 0 Å². The van der Waals surface area contributed by atoms with Crippen molar-refractivity contribution in [1.82, 2.24) is 0 Å². The average molecular weight is 526 g/mol. The molecule has 11 heteroatoms. The van der Waals surface area contributed by atoms with Crippen LogP contribution in [0.1, 0.15) is 28.7 Å². The molecule has 2 aromatic rings. The monoisotopic (exact) mass is 526 g/mol. The van der Waals surface area contributed by atoms with E-state index < -0.39 is 41.8 Å². The number of fused-ring (bicyclic) bond motifs is 3. The van der Waals surface area contributed by atoms with E-state index in [9.17, 15) is 14.4 Å². The van der Waals surface area contributed by atoms with E-state index in [1.165, 1.54) is 28.4 Å². The van der Waals surface area contributed by atoms with Crippen LogP contribution < -0.4 is 23.7 Å². The molecule has 2 aromatic carbocycles. The molecular formula is C27H26O11. The molecule has 11 nitrogen and oxygen atoms in total. The summed E-state index contributed by atoms with van der Waals surface area (Å²) >= 11 is 0. The number of hydrogen-bond acceptors (Lipinski definition) is 11. The van der Waals surface area contributed by atoms with Gasteiger partial charge >= 0.3 is 17.9 Å². The molecule has 2 heterocycles. The fraction of sp³-hybridized carbons (Fsp3) is 0.370. The number of rotatable bonds is 7. The van der Waals surface area contributed by atoms with Gasteiger partial charge in [-0.05, 0) is 35.4 Å². The minimum absolute atomic E-state index is 0.0360. The van der Waals surface area contributed by atoms with Gasteiger partial charge in [0.25, 0.3) is 0 Å². The summed E-state index contributed by atoms with van der Waals surface area (Å²) in [5.41, 5.74) is 2.04. The lowest BCUT2D eigenvalue weighted by Crippen LogP contribution is -2.36. The van der Waals surface area contributed by atoms with E-state index in [1.807, 2.05) is 0 Å². The Morgan fingerprint density at radius 3 is 2.08 bits per heavy atom. The zero-order valence-corrected chi connectivity index (χ0v) is 21.2. The molecule has 1 aliphatic carbocycles. The Hall–Kier alpha value is -4.41. The topological polar surface area (TPSA) is 125 Å². The first kappa shape index (κ1) is 25.2. The smallest absolute Gasteiger partial charge is 0.331 e. The molecule has 38 heavy (non-hydrogen) atoms. The van der Waals surface area contributed by atoms with Crippen LogP contribution in [-0.2, 0) is 28.6 Å². The number of carbonyl (C=O) groups excluding carboxylic acids is 3. The van der Waals surface area contributed by atoms with Crippen LogP contribution in [0.5, 0.6) is 28.7 Å². The first-order chi connectivity index (χ1) is 18.4. The molecule has 2 unspecified atom stereocenters. The van der Waals surface area contributed by atoms with Gasteiger partial charge in [-0.25, -0.2) is 9.59 Å². The van der Waals surface area contributed by atoms with Crippen LogP contribution >= 0.6 is 0 Å². The van der Waals surface area contributed by atoms with E-state index in [1.54, 1.807) is 24.3 Å². The Kier molecular flexibility index (Phi) is 6.75. The molecule has 200 valence electrons. The largest absolute Gasteiger partial charge is 0.493 e. The summed E-state index contributed by atoms with van der Waals surface area (Å²) in [6.45, 7) is 0.0747. The zero-order valence-electron chi connectivity index (χ0n) is 21.2. The summed E-state index contributed by atoms with van der Waals surface area (Å²) in [7, 11) is 5.73. The van der Waals surface area contributed by atoms with Crippen molar-refractivity contribution in [3.05, 3.63) is 53.1 Å². The molecule has 0 saturated carbocycles. The van der Waals surface area contributed by atoms with Gasteiger partial charge in [0.2, 0.25) is 12.5 Å². The Morgan fingerprint density at radius 2 is 1.47 bits per heavy atom. The summed E-state index contributed by atoms with van der Waals surface area (Å²) < 4.78 is 43.7. The molecule has 5 rings (SSSR count). The van der Waals surface area contributed by atoms with Crippen molar-refractivity contribution in [2.45, 2.75) is 12.0 Å². The zero-order chi connectivity index (χ0) is 27.0. The lowest BCUT2D eigenvalue weighted by atomic mass is 9.66. The van der Waals surface area contributed by atoms with Crippen LogP contribution in [0.15, 0.2) is 36.4 Å². The second-order valence-corrected chi connectivity index (χ2v) is 8.80. The van der Waals surface area contributed by atoms with E-state index in [-0.39, 0.29) is 13.4 Å². The fourth-order valence-electron chi connectivity index (χ4n) is 5.31. The third-order valence-corrected chi connectivity index (χ3v) is 6.97. The molecular weight excluding hydrogens is 500 g/mol. The molecule has 0 bridgehead atoms. The molecule has 2 aliphatic heterocycles. The molecule has 4 atom stereocenters. The maximum absolute atomic E-state index is 13.2. The predicted octanol–water partition coefficient (Wildman–Crippen LogP) is 2.69. The number of hydrogen-bond donors (Lipinski definition) is 0. The molecule has 0 amide bonds. The highest BCUT2D eigenvalue weighted by Crippen LogP contribution is 2.56. The SMILES string of the molecule is COC(=O)/C=C/C(=O)O[C@H]1c2cc3c(cc2C(c2cc(OC)c(OC)c(OC)c2)[C@@H]2C(=O)OCC21)OCO3. The average Bonchev–Trinajstić information content (AvgIpc) is 3.55. The van der Waals surface area contributed by atoms with Crippen LogP contribution in [0, 0.1) is 11.8 Å². The highest BCUT2D eigenvalue weighted by Gasteiger charge is 2.54. The highest BCUT2D eigenvalue weighted by atomic mass is 16.7. The number of methoxy groups -OCH3 is 4. The lowest BCUT2D eigenvalue weighted by molar-refractivity contribution is -0.149. The number of benzene rings is 2. The van der Waals surface area contributed by atoms with Gasteiger partial charge in [-0.1, -0.05) is 0 Å². The highest BCUT2D eigenvalue weighted by molar-refractivity contribution is 5.91. The molecule has 1 saturated heterocycles. The van der Waals surface area contributed by atoms with Crippen molar-refractivity contribution in [2.24, 2.45) is 11.8 Å². The molecule has 0 radical (unpaired) electrons. The number of carbonyl (C=O) groups is 3. The van der Waals surface area contributed by atoms with Gasteiger partial charge in [0.1, 0.15) is 6.10 Å². The molecule has 1 fully saturated rings. The fourth-order valence-corrected chi connectivity index (χ4v) is 5.31. The standard InChI is InChI=1S/C27H26O11/c1-31-19-7-13(8-20(32-2)26(19)34-4)23-14-9-17-18(37-12-36-17)10-15(14)25(16-11-35-27(30)24(16)23)38-22(29)6-5-21(28)33-3/h5-10,16,23-25H,11-12H2,1-4H3/b6-5+/t16?,23?,24-,25+/m1/s1. The van der Waals surface area contributed by atoms with Gasteiger partial charge in [-0.2, -0.15) is 0 Å². The van der Waals surface area contributed by atoms with Gasteiger partial charge in [-0.3, -0.25) is 4.79 Å². The summed E-state index contributed by atoms with van der Waals surface area (Å²) in [6.07, 6.45) is 1.10. The maximum atomic E-state index is 13.2. The number of ether oxygens (including phenoxy) is 8. The van der Waals surface area contributed by atoms with E-state index in [0.29, 0.717) is 45.4 Å². The van der Waals surface area contributed by atoms with Crippen LogP contribution in [0.2, 0.25) is 0 Å². The Morgan fingerprint density at radius 1 is 0.842 bits per heavy atom. The quantitative estimate of drug-likeness (QED) is 0.300. The Bertz CT molecular complexity index is 1290. The molecule has 3 aliphatic rings. The van der Waals surface area contributed by atoms with Crippen molar-refractivity contribution >= 4 is 17.9 Å². The van der Waals surface area contributed by atoms with Crippen molar-refractivity contribution < 1.29 is 52.3 Å². The van der Waals surface area contributed by atoms with Gasteiger partial charge in [0, 0.05) is 29.6 Å². The number of esters is 3. The van der Waals surface area contributed by atoms with E-state index >= 15 is 0 Å². The summed E-state index contributed by atoms with van der Waals surface area (Å²) in [5, 5.41) is 0. The summed E-state index contributed by atoms with van der Waals surface area (Å²) in [5.74, 6) is -1.39. The van der Waals surface area contributed by atoms with Crippen LogP contribution in [-0.4, -0.2) is 59.7 Å². The van der Waals surface area contributed by atoms with Crippen molar-refractivity contribution in [2.75, 3.05) is 41.8 Å². The molecule has 0 N–H and O–H groups in total. The summed E-state index contributed by atoms with van der Waals surface area (Å²) in [6, 6.07) is 7.12. The number of cyclic esters (lactones) is 1. The summed E-state index contributed by atoms with van der Waals surface area (Å²) in [4.78, 5) is 37.3. The minimum Gasteiger partial charge on any atom is -0.493 e. The lowest BCUT2D eigenvalue weighted by Gasteiger charge is -2.38. The molecule has 0 spiro atoms. The first-order valence-corrected chi connectivity index (χ1v) is 11.8. The third-order valence-electron chi connectivity index (χ3n) is 6.97. The normalized spacial score (nSPS) is 22.8. The third kappa shape index (κ3) is 4.23. The first-order valence-electron chi connectivity index (χ1n) is 11.8. The van der Waals surface area contributed by atoms with E-state index in [2.05, 4.69) is 4.74 Å². The van der Waals surface area contributed by atoms with Crippen LogP contribution in [0.4, 0.5) is 0 Å². The van der Waals surface area contributed by atoms with Gasteiger partial charge < -0.3 is 37.9 Å². The minimum atomic E-state index is -0.857. The maximum Gasteiger partial charge on any atom is 0.331 e. The van der Waals surface area contributed by atoms with Gasteiger partial charge in [0.05, 0.1) is 41.0 Å². The van der Waals surface area contributed by atoms with Crippen LogP contribution in [0.3, 0.4) is 0 Å². The van der Waals surface area contributed by atoms with Crippen molar-refractivity contribution in [3.63, 3.8) is 0 Å². The molecule has 0 aromatic heterocycles. The van der Waals surface area contributed by atoms with Gasteiger partial charge in [-0.15, -0.1) is 0 Å². The van der Waals surface area contributed by atoms with Crippen molar-refractivity contribution in [1.29, 1.82) is 0 Å². The second-order valence-electron chi connectivity index (χ2n) is 8.80. The van der Waals surface area contributed by atoms with E-state index in [0.717, 1.165) is 12.2 Å². The predicted molar refractivity (Wildman–Crippen MR) is 128 cm³/mol.